The molecule has 24 heavy (non-hydrogen) atoms. The molecule has 2 heterocycles. The maximum absolute atomic E-state index is 12.6. The summed E-state index contributed by atoms with van der Waals surface area (Å²) in [6.07, 6.45) is 2.86. The van der Waals surface area contributed by atoms with Gasteiger partial charge in [-0.3, -0.25) is 9.89 Å². The van der Waals surface area contributed by atoms with Crippen LogP contribution in [-0.2, 0) is 4.74 Å². The molecule has 0 aliphatic carbocycles. The Balaban J connectivity index is 1.55. The van der Waals surface area contributed by atoms with Crippen molar-refractivity contribution in [3.63, 3.8) is 0 Å². The predicted molar refractivity (Wildman–Crippen MR) is 92.6 cm³/mol. The summed E-state index contributed by atoms with van der Waals surface area (Å²) >= 11 is 0. The quantitative estimate of drug-likeness (QED) is 0.795. The van der Waals surface area contributed by atoms with Crippen molar-refractivity contribution in [3.05, 3.63) is 42.1 Å². The van der Waals surface area contributed by atoms with Crippen molar-refractivity contribution in [2.24, 2.45) is 5.73 Å². The number of benzene rings is 1. The van der Waals surface area contributed by atoms with Crippen molar-refractivity contribution in [2.75, 3.05) is 26.2 Å². The molecule has 0 radical (unpaired) electrons. The van der Waals surface area contributed by atoms with Gasteiger partial charge in [-0.15, -0.1) is 0 Å². The van der Waals surface area contributed by atoms with E-state index in [9.17, 15) is 4.79 Å². The molecule has 3 rings (SSSR count). The standard InChI is InChI=1S/C18H24N4O2/c19-9-4-12-24-15-7-10-22(11-8-15)18(23)17-13-16(20-21-17)14-5-2-1-3-6-14/h1-3,5-6,13,15H,4,7-12,19H2,(H,20,21). The molecule has 0 atom stereocenters. The Hall–Kier alpha value is -2.18. The van der Waals surface area contributed by atoms with Gasteiger partial charge in [0.2, 0.25) is 0 Å². The molecule has 1 aliphatic rings. The Labute approximate surface area is 142 Å². The van der Waals surface area contributed by atoms with Crippen molar-refractivity contribution in [1.29, 1.82) is 0 Å². The van der Waals surface area contributed by atoms with Gasteiger partial charge in [0.05, 0.1) is 11.8 Å². The SMILES string of the molecule is NCCCOC1CCN(C(=O)c2cc(-c3ccccc3)n[nH]2)CC1. The van der Waals surface area contributed by atoms with E-state index in [0.29, 0.717) is 31.9 Å². The van der Waals surface area contributed by atoms with Crippen molar-refractivity contribution in [2.45, 2.75) is 25.4 Å². The van der Waals surface area contributed by atoms with Gasteiger partial charge in [-0.2, -0.15) is 5.10 Å². The Bertz CT molecular complexity index is 648. The topological polar surface area (TPSA) is 84.2 Å². The van der Waals surface area contributed by atoms with E-state index < -0.39 is 0 Å². The molecule has 0 saturated carbocycles. The molecular weight excluding hydrogens is 304 g/mol. The molecule has 0 unspecified atom stereocenters. The Morgan fingerprint density at radius 3 is 2.75 bits per heavy atom. The molecule has 1 aromatic carbocycles. The van der Waals surface area contributed by atoms with Crippen LogP contribution in [0.15, 0.2) is 36.4 Å². The summed E-state index contributed by atoms with van der Waals surface area (Å²) < 4.78 is 5.78. The average Bonchev–Trinajstić information content (AvgIpc) is 3.13. The van der Waals surface area contributed by atoms with Crippen LogP contribution < -0.4 is 5.73 Å². The lowest BCUT2D eigenvalue weighted by atomic mass is 10.1. The van der Waals surface area contributed by atoms with Crippen molar-refractivity contribution in [3.8, 4) is 11.3 Å². The Morgan fingerprint density at radius 2 is 2.04 bits per heavy atom. The molecular formula is C18H24N4O2. The number of nitrogens with two attached hydrogens (primary N) is 1. The normalized spacial score (nSPS) is 15.6. The number of amides is 1. The minimum Gasteiger partial charge on any atom is -0.378 e. The maximum Gasteiger partial charge on any atom is 0.271 e. The summed E-state index contributed by atoms with van der Waals surface area (Å²) in [4.78, 5) is 14.5. The van der Waals surface area contributed by atoms with E-state index in [-0.39, 0.29) is 12.0 Å². The van der Waals surface area contributed by atoms with Crippen LogP contribution in [0.25, 0.3) is 11.3 Å². The van der Waals surface area contributed by atoms with Gasteiger partial charge >= 0.3 is 0 Å². The van der Waals surface area contributed by atoms with Crippen LogP contribution in [0, 0.1) is 0 Å². The van der Waals surface area contributed by atoms with Crippen molar-refractivity contribution in [1.82, 2.24) is 15.1 Å². The number of piperidine rings is 1. The van der Waals surface area contributed by atoms with E-state index in [1.807, 2.05) is 41.3 Å². The third-order valence-electron chi connectivity index (χ3n) is 4.31. The fraction of sp³-hybridized carbons (Fsp3) is 0.444. The first-order chi connectivity index (χ1) is 11.8. The van der Waals surface area contributed by atoms with Gasteiger partial charge in [0.25, 0.3) is 5.91 Å². The number of aromatic nitrogens is 2. The van der Waals surface area contributed by atoms with Crippen LogP contribution >= 0.6 is 0 Å². The number of carbonyl (C=O) groups excluding carboxylic acids is 1. The molecule has 6 nitrogen and oxygen atoms in total. The Morgan fingerprint density at radius 1 is 1.29 bits per heavy atom. The van der Waals surface area contributed by atoms with E-state index >= 15 is 0 Å². The third kappa shape index (κ3) is 4.01. The third-order valence-corrected chi connectivity index (χ3v) is 4.31. The molecule has 0 bridgehead atoms. The molecule has 128 valence electrons. The number of nitrogens with zero attached hydrogens (tertiary/aromatic N) is 2. The van der Waals surface area contributed by atoms with E-state index in [1.54, 1.807) is 0 Å². The van der Waals surface area contributed by atoms with Crippen molar-refractivity contribution >= 4 is 5.91 Å². The van der Waals surface area contributed by atoms with Crippen LogP contribution in [0.5, 0.6) is 0 Å². The van der Waals surface area contributed by atoms with Gasteiger partial charge in [0.15, 0.2) is 0 Å². The highest BCUT2D eigenvalue weighted by Gasteiger charge is 2.25. The minimum absolute atomic E-state index is 0.00471. The molecule has 1 aliphatic heterocycles. The summed E-state index contributed by atoms with van der Waals surface area (Å²) in [7, 11) is 0. The smallest absolute Gasteiger partial charge is 0.271 e. The largest absolute Gasteiger partial charge is 0.378 e. The lowest BCUT2D eigenvalue weighted by Crippen LogP contribution is -2.41. The summed E-state index contributed by atoms with van der Waals surface area (Å²) in [6, 6.07) is 11.7. The summed E-state index contributed by atoms with van der Waals surface area (Å²) in [5, 5.41) is 7.13. The lowest BCUT2D eigenvalue weighted by molar-refractivity contribution is 0.00829. The Kier molecular flexibility index (Phi) is 5.61. The first-order valence-corrected chi connectivity index (χ1v) is 8.49. The fourth-order valence-corrected chi connectivity index (χ4v) is 2.92. The highest BCUT2D eigenvalue weighted by molar-refractivity contribution is 5.93. The second-order valence-electron chi connectivity index (χ2n) is 6.04. The molecule has 1 fully saturated rings. The minimum atomic E-state index is 0.00471. The zero-order valence-electron chi connectivity index (χ0n) is 13.8. The van der Waals surface area contributed by atoms with Crippen LogP contribution in [0.4, 0.5) is 0 Å². The van der Waals surface area contributed by atoms with E-state index in [2.05, 4.69) is 10.2 Å². The average molecular weight is 328 g/mol. The zero-order valence-corrected chi connectivity index (χ0v) is 13.8. The lowest BCUT2D eigenvalue weighted by Gasteiger charge is -2.31. The number of hydrogen-bond donors (Lipinski definition) is 2. The summed E-state index contributed by atoms with van der Waals surface area (Å²) in [6.45, 7) is 2.79. The number of rotatable bonds is 6. The van der Waals surface area contributed by atoms with Gasteiger partial charge in [0.1, 0.15) is 5.69 Å². The van der Waals surface area contributed by atoms with Gasteiger partial charge in [0, 0.05) is 25.3 Å². The van der Waals surface area contributed by atoms with Gasteiger partial charge in [-0.05, 0) is 31.9 Å². The number of ether oxygens (including phenoxy) is 1. The second-order valence-corrected chi connectivity index (χ2v) is 6.04. The second kappa shape index (κ2) is 8.08. The predicted octanol–water partition coefficient (Wildman–Crippen LogP) is 2.05. The van der Waals surface area contributed by atoms with Crippen LogP contribution in [0.1, 0.15) is 29.8 Å². The number of nitrogens with one attached hydrogen (secondary N) is 1. The number of likely N-dealkylation sites (tertiary alicyclic amines) is 1. The molecule has 6 heteroatoms. The molecule has 0 spiro atoms. The van der Waals surface area contributed by atoms with Gasteiger partial charge < -0.3 is 15.4 Å². The van der Waals surface area contributed by atoms with E-state index in [0.717, 1.165) is 30.5 Å². The maximum atomic E-state index is 12.6. The van der Waals surface area contributed by atoms with Crippen LogP contribution in [0.2, 0.25) is 0 Å². The first-order valence-electron chi connectivity index (χ1n) is 8.49. The summed E-state index contributed by atoms with van der Waals surface area (Å²) in [5.74, 6) is 0.00471. The van der Waals surface area contributed by atoms with Gasteiger partial charge in [-0.25, -0.2) is 0 Å². The van der Waals surface area contributed by atoms with E-state index in [4.69, 9.17) is 10.5 Å². The monoisotopic (exact) mass is 328 g/mol. The molecule has 1 aromatic heterocycles. The van der Waals surface area contributed by atoms with Crippen LogP contribution in [-0.4, -0.2) is 53.3 Å². The highest BCUT2D eigenvalue weighted by atomic mass is 16.5. The first kappa shape index (κ1) is 16.7. The molecule has 1 amide bonds. The zero-order chi connectivity index (χ0) is 16.8. The fourth-order valence-electron chi connectivity index (χ4n) is 2.92. The number of aromatic amines is 1. The highest BCUT2D eigenvalue weighted by Crippen LogP contribution is 2.20. The number of carbonyl (C=O) groups is 1. The van der Waals surface area contributed by atoms with Crippen molar-refractivity contribution < 1.29 is 9.53 Å². The molecule has 3 N–H and O–H groups in total. The van der Waals surface area contributed by atoms with Gasteiger partial charge in [-0.1, -0.05) is 30.3 Å². The van der Waals surface area contributed by atoms with Crippen LogP contribution in [0.3, 0.4) is 0 Å². The van der Waals surface area contributed by atoms with E-state index in [1.165, 1.54) is 0 Å². The number of hydrogen-bond acceptors (Lipinski definition) is 4. The summed E-state index contributed by atoms with van der Waals surface area (Å²) in [5.41, 5.74) is 7.80. The molecule has 1 saturated heterocycles. The number of H-pyrrole nitrogens is 1. The molecule has 2 aromatic rings.